The summed E-state index contributed by atoms with van der Waals surface area (Å²) >= 11 is 0. The van der Waals surface area contributed by atoms with E-state index < -0.39 is 0 Å². The molecule has 2 aromatic heterocycles. The highest BCUT2D eigenvalue weighted by Crippen LogP contribution is 2.56. The number of benzene rings is 4. The molecular formula is C44H40N2. The van der Waals surface area contributed by atoms with Gasteiger partial charge >= 0.3 is 0 Å². The van der Waals surface area contributed by atoms with Crippen LogP contribution in [0.3, 0.4) is 0 Å². The van der Waals surface area contributed by atoms with Crippen molar-refractivity contribution >= 4 is 0 Å². The Morgan fingerprint density at radius 1 is 0.435 bits per heavy atom. The van der Waals surface area contributed by atoms with Crippen molar-refractivity contribution in [2.45, 2.75) is 64.2 Å². The lowest BCUT2D eigenvalue weighted by atomic mass is 9.73. The van der Waals surface area contributed by atoms with E-state index in [2.05, 4.69) is 131 Å². The maximum absolute atomic E-state index is 5.02. The fraction of sp³-hybridized carbons (Fsp3) is 0.227. The fourth-order valence-corrected chi connectivity index (χ4v) is 8.95. The highest BCUT2D eigenvalue weighted by atomic mass is 14.8. The molecule has 0 saturated carbocycles. The first-order valence-corrected chi connectivity index (χ1v) is 17.0. The maximum Gasteiger partial charge on any atom is 0.0970 e. The molecule has 0 aliphatic heterocycles. The van der Waals surface area contributed by atoms with E-state index in [0.29, 0.717) is 0 Å². The van der Waals surface area contributed by atoms with Gasteiger partial charge in [-0.3, -0.25) is 9.97 Å². The highest BCUT2D eigenvalue weighted by Gasteiger charge is 2.42. The lowest BCUT2D eigenvalue weighted by Gasteiger charge is -2.30. The molecule has 0 fully saturated rings. The Hall–Kier alpha value is -4.82. The minimum atomic E-state index is -0.00330. The number of aromatic nitrogens is 2. The van der Waals surface area contributed by atoms with Crippen molar-refractivity contribution in [2.24, 2.45) is 0 Å². The lowest BCUT2D eigenvalue weighted by Crippen LogP contribution is -2.23. The van der Waals surface area contributed by atoms with Gasteiger partial charge in [0.25, 0.3) is 0 Å². The van der Waals surface area contributed by atoms with E-state index >= 15 is 0 Å². The Balaban J connectivity index is 1.38. The van der Waals surface area contributed by atoms with Gasteiger partial charge in [-0.05, 0) is 117 Å². The van der Waals surface area contributed by atoms with Crippen molar-refractivity contribution in [3.63, 3.8) is 0 Å². The molecule has 2 aliphatic rings. The Bertz CT molecular complexity index is 2100. The molecule has 46 heavy (non-hydrogen) atoms. The van der Waals surface area contributed by atoms with Crippen LogP contribution in [0, 0.1) is 0 Å². The van der Waals surface area contributed by atoms with Crippen LogP contribution < -0.4 is 0 Å². The average molecular weight is 597 g/mol. The molecule has 0 saturated heterocycles. The molecule has 8 rings (SSSR count). The van der Waals surface area contributed by atoms with Crippen LogP contribution in [0.15, 0.2) is 122 Å². The van der Waals surface area contributed by atoms with E-state index in [-0.39, 0.29) is 10.8 Å². The normalized spacial score (nSPS) is 14.8. The molecule has 0 spiro atoms. The zero-order valence-corrected chi connectivity index (χ0v) is 27.3. The summed E-state index contributed by atoms with van der Waals surface area (Å²) in [4.78, 5) is 9.83. The van der Waals surface area contributed by atoms with Crippen LogP contribution in [0.5, 0.6) is 0 Å². The van der Waals surface area contributed by atoms with E-state index in [1.165, 1.54) is 61.2 Å². The molecule has 6 aromatic rings. The molecule has 0 N–H and O–H groups in total. The van der Waals surface area contributed by atoms with Crippen LogP contribution in [-0.2, 0) is 10.8 Å². The average Bonchev–Trinajstić information content (AvgIpc) is 3.58. The summed E-state index contributed by atoms with van der Waals surface area (Å²) in [5, 5.41) is 0. The number of hydrogen-bond donors (Lipinski definition) is 0. The molecule has 0 unspecified atom stereocenters. The van der Waals surface area contributed by atoms with Crippen LogP contribution in [0.25, 0.3) is 55.9 Å². The SMILES string of the molecule is CCC1(CC)c2ccccc2-c2ccc(-c3ccnc(-c4ccccn4)c3-c3ccc4c(c3)C(CC)(CC)c3ccccc3-4)cc21. The number of pyridine rings is 2. The third-order valence-electron chi connectivity index (χ3n) is 11.4. The largest absolute Gasteiger partial charge is 0.255 e. The summed E-state index contributed by atoms with van der Waals surface area (Å²) in [5.41, 5.74) is 17.9. The van der Waals surface area contributed by atoms with Gasteiger partial charge in [0.05, 0.1) is 11.4 Å². The summed E-state index contributed by atoms with van der Waals surface area (Å²) in [5.74, 6) is 0. The molecule has 0 atom stereocenters. The van der Waals surface area contributed by atoms with Crippen LogP contribution in [0.4, 0.5) is 0 Å². The minimum Gasteiger partial charge on any atom is -0.255 e. The molecule has 2 heteroatoms. The summed E-state index contributed by atoms with van der Waals surface area (Å²) in [6, 6.07) is 40.7. The first kappa shape index (κ1) is 28.6. The van der Waals surface area contributed by atoms with Crippen LogP contribution in [0.1, 0.15) is 75.6 Å². The maximum atomic E-state index is 5.02. The second-order valence-corrected chi connectivity index (χ2v) is 13.0. The van der Waals surface area contributed by atoms with Crippen LogP contribution >= 0.6 is 0 Å². The second-order valence-electron chi connectivity index (χ2n) is 13.0. The number of hydrogen-bond acceptors (Lipinski definition) is 2. The minimum absolute atomic E-state index is 0.00330. The van der Waals surface area contributed by atoms with Gasteiger partial charge in [-0.25, -0.2) is 0 Å². The predicted octanol–water partition coefficient (Wildman–Crippen LogP) is 11.7. The van der Waals surface area contributed by atoms with Gasteiger partial charge in [0.2, 0.25) is 0 Å². The summed E-state index contributed by atoms with van der Waals surface area (Å²) in [6.07, 6.45) is 8.09. The topological polar surface area (TPSA) is 25.8 Å². The monoisotopic (exact) mass is 596 g/mol. The van der Waals surface area contributed by atoms with Gasteiger partial charge < -0.3 is 0 Å². The molecule has 4 aromatic carbocycles. The standard InChI is InChI=1S/C44H40N2/c1-5-43(6-2)36-17-11-9-15-32(36)34-22-20-29(27-38(34)43)31-24-26-46-42(40-19-13-14-25-45-40)41(31)30-21-23-35-33-16-10-12-18-37(33)44(7-3,8-4)39(35)28-30/h9-28H,5-8H2,1-4H3. The van der Waals surface area contributed by atoms with E-state index in [0.717, 1.165) is 42.6 Å². The van der Waals surface area contributed by atoms with Gasteiger partial charge in [-0.15, -0.1) is 0 Å². The van der Waals surface area contributed by atoms with Gasteiger partial charge in [-0.1, -0.05) is 107 Å². The van der Waals surface area contributed by atoms with Crippen molar-refractivity contribution in [3.8, 4) is 55.9 Å². The molecule has 0 bridgehead atoms. The molecule has 2 aliphatic carbocycles. The third-order valence-corrected chi connectivity index (χ3v) is 11.4. The molecule has 2 heterocycles. The first-order chi connectivity index (χ1) is 22.6. The zero-order valence-electron chi connectivity index (χ0n) is 27.3. The first-order valence-electron chi connectivity index (χ1n) is 17.0. The van der Waals surface area contributed by atoms with Gasteiger partial charge in [0, 0.05) is 28.8 Å². The second kappa shape index (κ2) is 10.9. The number of fused-ring (bicyclic) bond motifs is 6. The van der Waals surface area contributed by atoms with Gasteiger partial charge in [0.15, 0.2) is 0 Å². The molecule has 0 radical (unpaired) electrons. The highest BCUT2D eigenvalue weighted by molar-refractivity contribution is 5.95. The Morgan fingerprint density at radius 3 is 1.52 bits per heavy atom. The Kier molecular flexibility index (Phi) is 6.79. The molecule has 226 valence electrons. The van der Waals surface area contributed by atoms with Crippen LogP contribution in [0.2, 0.25) is 0 Å². The van der Waals surface area contributed by atoms with E-state index in [9.17, 15) is 0 Å². The van der Waals surface area contributed by atoms with E-state index in [1.54, 1.807) is 0 Å². The summed E-state index contributed by atoms with van der Waals surface area (Å²) < 4.78 is 0. The number of rotatable bonds is 7. The van der Waals surface area contributed by atoms with Crippen molar-refractivity contribution in [3.05, 3.63) is 144 Å². The van der Waals surface area contributed by atoms with Crippen molar-refractivity contribution in [1.29, 1.82) is 0 Å². The zero-order chi connectivity index (χ0) is 31.5. The van der Waals surface area contributed by atoms with Crippen molar-refractivity contribution in [1.82, 2.24) is 9.97 Å². The van der Waals surface area contributed by atoms with E-state index in [4.69, 9.17) is 9.97 Å². The quantitative estimate of drug-likeness (QED) is 0.183. The van der Waals surface area contributed by atoms with E-state index in [1.807, 2.05) is 18.5 Å². The van der Waals surface area contributed by atoms with Crippen LogP contribution in [-0.4, -0.2) is 9.97 Å². The predicted molar refractivity (Wildman–Crippen MR) is 192 cm³/mol. The summed E-state index contributed by atoms with van der Waals surface area (Å²) in [6.45, 7) is 9.37. The molecule has 0 amide bonds. The smallest absolute Gasteiger partial charge is 0.0970 e. The Morgan fingerprint density at radius 2 is 0.957 bits per heavy atom. The summed E-state index contributed by atoms with van der Waals surface area (Å²) in [7, 11) is 0. The fourth-order valence-electron chi connectivity index (χ4n) is 8.95. The van der Waals surface area contributed by atoms with Crippen molar-refractivity contribution in [2.75, 3.05) is 0 Å². The van der Waals surface area contributed by atoms with Gasteiger partial charge in [-0.2, -0.15) is 0 Å². The van der Waals surface area contributed by atoms with Gasteiger partial charge in [0.1, 0.15) is 0 Å². The molecule has 2 nitrogen and oxygen atoms in total. The third kappa shape index (κ3) is 3.89. The molecular weight excluding hydrogens is 556 g/mol. The van der Waals surface area contributed by atoms with Crippen molar-refractivity contribution < 1.29 is 0 Å². The number of nitrogens with zero attached hydrogens (tertiary/aromatic N) is 2. The Labute approximate surface area is 273 Å². The lowest BCUT2D eigenvalue weighted by molar-refractivity contribution is 0.490.